The molecule has 0 unspecified atom stereocenters. The molecule has 3 nitrogen and oxygen atoms in total. The predicted molar refractivity (Wildman–Crippen MR) is 93.6 cm³/mol. The standard InChI is InChI=1S/C20H28N2O/c1-23-20-6-3-16(4-7-20)14-21-8-10-22(11-9-21)15-19-13-17-2-5-18(19)12-17/h2-7,17-19H,8-15H2,1H3/t17-,18+,19-/m1/s1. The highest BCUT2D eigenvalue weighted by atomic mass is 16.5. The first-order valence-corrected chi connectivity index (χ1v) is 9.06. The van der Waals surface area contributed by atoms with Crippen LogP contribution >= 0.6 is 0 Å². The molecule has 0 amide bonds. The van der Waals surface area contributed by atoms with Crippen molar-refractivity contribution < 1.29 is 4.74 Å². The van der Waals surface area contributed by atoms with E-state index in [0.29, 0.717) is 0 Å². The van der Waals surface area contributed by atoms with Gasteiger partial charge >= 0.3 is 0 Å². The smallest absolute Gasteiger partial charge is 0.118 e. The van der Waals surface area contributed by atoms with Gasteiger partial charge in [0.05, 0.1) is 7.11 Å². The van der Waals surface area contributed by atoms with Crippen molar-refractivity contribution in [1.82, 2.24) is 9.80 Å². The SMILES string of the molecule is COc1ccc(CN2CCN(C[C@H]3C[C@@H]4C=C[C@H]3C4)CC2)cc1. The molecule has 1 aliphatic heterocycles. The number of allylic oxidation sites excluding steroid dienone is 2. The summed E-state index contributed by atoms with van der Waals surface area (Å²) in [7, 11) is 1.72. The molecule has 2 aliphatic carbocycles. The molecule has 3 heteroatoms. The van der Waals surface area contributed by atoms with Crippen LogP contribution in [-0.4, -0.2) is 49.6 Å². The molecular weight excluding hydrogens is 284 g/mol. The van der Waals surface area contributed by atoms with Gasteiger partial charge in [0.2, 0.25) is 0 Å². The maximum atomic E-state index is 5.23. The van der Waals surface area contributed by atoms with Gasteiger partial charge in [0.1, 0.15) is 5.75 Å². The van der Waals surface area contributed by atoms with Gasteiger partial charge in [-0.15, -0.1) is 0 Å². The summed E-state index contributed by atoms with van der Waals surface area (Å²) in [6.45, 7) is 7.24. The van der Waals surface area contributed by atoms with E-state index in [-0.39, 0.29) is 0 Å². The molecule has 4 rings (SSSR count). The topological polar surface area (TPSA) is 15.7 Å². The van der Waals surface area contributed by atoms with E-state index in [9.17, 15) is 0 Å². The maximum absolute atomic E-state index is 5.23. The summed E-state index contributed by atoms with van der Waals surface area (Å²) in [5.41, 5.74) is 1.39. The van der Waals surface area contributed by atoms with E-state index in [1.807, 2.05) is 0 Å². The van der Waals surface area contributed by atoms with E-state index < -0.39 is 0 Å². The first-order chi connectivity index (χ1) is 11.3. The van der Waals surface area contributed by atoms with Crippen LogP contribution in [0.1, 0.15) is 18.4 Å². The minimum Gasteiger partial charge on any atom is -0.497 e. The number of rotatable bonds is 5. The molecular formula is C20H28N2O. The largest absolute Gasteiger partial charge is 0.497 e. The Morgan fingerprint density at radius 2 is 1.70 bits per heavy atom. The van der Waals surface area contributed by atoms with Gasteiger partial charge in [0.15, 0.2) is 0 Å². The molecule has 1 saturated carbocycles. The Labute approximate surface area is 139 Å². The molecule has 2 bridgehead atoms. The number of ether oxygens (including phenoxy) is 1. The Morgan fingerprint density at radius 3 is 2.30 bits per heavy atom. The number of benzene rings is 1. The quantitative estimate of drug-likeness (QED) is 0.777. The Hall–Kier alpha value is -1.32. The zero-order chi connectivity index (χ0) is 15.6. The zero-order valence-corrected chi connectivity index (χ0v) is 14.2. The van der Waals surface area contributed by atoms with Crippen molar-refractivity contribution in [3.63, 3.8) is 0 Å². The van der Waals surface area contributed by atoms with Crippen LogP contribution in [0.2, 0.25) is 0 Å². The normalized spacial score (nSPS) is 30.9. The molecule has 3 aliphatic rings. The lowest BCUT2D eigenvalue weighted by atomic mass is 9.93. The van der Waals surface area contributed by atoms with Gasteiger partial charge in [0, 0.05) is 39.3 Å². The summed E-state index contributed by atoms with van der Waals surface area (Å²) in [6.07, 6.45) is 7.81. The van der Waals surface area contributed by atoms with Crippen LogP contribution in [0.3, 0.4) is 0 Å². The summed E-state index contributed by atoms with van der Waals surface area (Å²) < 4.78 is 5.23. The Balaban J connectivity index is 1.23. The monoisotopic (exact) mass is 312 g/mol. The molecule has 0 N–H and O–H groups in total. The lowest BCUT2D eigenvalue weighted by Gasteiger charge is -2.37. The maximum Gasteiger partial charge on any atom is 0.118 e. The lowest BCUT2D eigenvalue weighted by molar-refractivity contribution is 0.108. The van der Waals surface area contributed by atoms with Crippen molar-refractivity contribution in [2.24, 2.45) is 17.8 Å². The molecule has 0 radical (unpaired) electrons. The highest BCUT2D eigenvalue weighted by Gasteiger charge is 2.36. The average Bonchev–Trinajstić information content (AvgIpc) is 3.20. The fraction of sp³-hybridized carbons (Fsp3) is 0.600. The van der Waals surface area contributed by atoms with E-state index >= 15 is 0 Å². The van der Waals surface area contributed by atoms with Gasteiger partial charge in [-0.05, 0) is 48.3 Å². The second-order valence-electron chi connectivity index (χ2n) is 7.47. The van der Waals surface area contributed by atoms with Crippen LogP contribution < -0.4 is 4.74 Å². The summed E-state index contributed by atoms with van der Waals surface area (Å²) in [5, 5.41) is 0. The number of hydrogen-bond acceptors (Lipinski definition) is 3. The molecule has 1 aromatic carbocycles. The molecule has 0 aromatic heterocycles. The van der Waals surface area contributed by atoms with E-state index in [2.05, 4.69) is 46.2 Å². The Bertz CT molecular complexity index is 545. The molecule has 124 valence electrons. The van der Waals surface area contributed by atoms with Gasteiger partial charge in [-0.3, -0.25) is 4.90 Å². The third kappa shape index (κ3) is 3.46. The van der Waals surface area contributed by atoms with Crippen LogP contribution in [0.4, 0.5) is 0 Å². The van der Waals surface area contributed by atoms with Gasteiger partial charge in [-0.2, -0.15) is 0 Å². The van der Waals surface area contributed by atoms with Crippen molar-refractivity contribution in [1.29, 1.82) is 0 Å². The Morgan fingerprint density at radius 1 is 0.957 bits per heavy atom. The summed E-state index contributed by atoms with van der Waals surface area (Å²) >= 11 is 0. The van der Waals surface area contributed by atoms with Crippen LogP contribution in [-0.2, 0) is 6.54 Å². The van der Waals surface area contributed by atoms with E-state index in [1.165, 1.54) is 51.1 Å². The second kappa shape index (κ2) is 6.66. The van der Waals surface area contributed by atoms with Crippen LogP contribution in [0.15, 0.2) is 36.4 Å². The van der Waals surface area contributed by atoms with Crippen molar-refractivity contribution in [3.05, 3.63) is 42.0 Å². The van der Waals surface area contributed by atoms with Crippen molar-refractivity contribution in [2.45, 2.75) is 19.4 Å². The van der Waals surface area contributed by atoms with Gasteiger partial charge < -0.3 is 9.64 Å². The van der Waals surface area contributed by atoms with Gasteiger partial charge in [-0.1, -0.05) is 24.3 Å². The van der Waals surface area contributed by atoms with E-state index in [4.69, 9.17) is 4.74 Å². The summed E-state index contributed by atoms with van der Waals surface area (Å²) in [4.78, 5) is 5.28. The molecule has 0 spiro atoms. The fourth-order valence-corrected chi connectivity index (χ4v) is 4.56. The number of hydrogen-bond donors (Lipinski definition) is 0. The third-order valence-corrected chi connectivity index (χ3v) is 5.94. The van der Waals surface area contributed by atoms with Gasteiger partial charge in [-0.25, -0.2) is 0 Å². The summed E-state index contributed by atoms with van der Waals surface area (Å²) in [5.74, 6) is 3.66. The molecule has 1 saturated heterocycles. The number of piperazine rings is 1. The lowest BCUT2D eigenvalue weighted by Crippen LogP contribution is -2.47. The molecule has 23 heavy (non-hydrogen) atoms. The van der Waals surface area contributed by atoms with Gasteiger partial charge in [0.25, 0.3) is 0 Å². The molecule has 3 atom stereocenters. The fourth-order valence-electron chi connectivity index (χ4n) is 4.56. The van der Waals surface area contributed by atoms with Crippen molar-refractivity contribution in [2.75, 3.05) is 39.8 Å². The first kappa shape index (κ1) is 15.2. The minimum absolute atomic E-state index is 0.886. The number of methoxy groups -OCH3 is 1. The first-order valence-electron chi connectivity index (χ1n) is 9.06. The predicted octanol–water partition coefficient (Wildman–Crippen LogP) is 3.03. The minimum atomic E-state index is 0.886. The third-order valence-electron chi connectivity index (χ3n) is 5.94. The average molecular weight is 312 g/mol. The van der Waals surface area contributed by atoms with Crippen molar-refractivity contribution >= 4 is 0 Å². The second-order valence-corrected chi connectivity index (χ2v) is 7.47. The van der Waals surface area contributed by atoms with Crippen molar-refractivity contribution in [3.8, 4) is 5.75 Å². The number of fused-ring (bicyclic) bond motifs is 2. The van der Waals surface area contributed by atoms with Crippen LogP contribution in [0.25, 0.3) is 0 Å². The van der Waals surface area contributed by atoms with Crippen LogP contribution in [0.5, 0.6) is 5.75 Å². The molecule has 1 aromatic rings. The number of nitrogens with zero attached hydrogens (tertiary/aromatic N) is 2. The highest BCUT2D eigenvalue weighted by molar-refractivity contribution is 5.27. The van der Waals surface area contributed by atoms with E-state index in [0.717, 1.165) is 30.0 Å². The summed E-state index contributed by atoms with van der Waals surface area (Å²) in [6, 6.07) is 8.50. The molecule has 1 heterocycles. The molecule has 2 fully saturated rings. The van der Waals surface area contributed by atoms with Crippen LogP contribution in [0, 0.1) is 17.8 Å². The Kier molecular flexibility index (Phi) is 4.41. The zero-order valence-electron chi connectivity index (χ0n) is 14.2. The highest BCUT2D eigenvalue weighted by Crippen LogP contribution is 2.43. The van der Waals surface area contributed by atoms with E-state index in [1.54, 1.807) is 7.11 Å².